The van der Waals surface area contributed by atoms with Gasteiger partial charge in [-0.2, -0.15) is 0 Å². The van der Waals surface area contributed by atoms with Gasteiger partial charge in [-0.15, -0.1) is 11.3 Å². The summed E-state index contributed by atoms with van der Waals surface area (Å²) in [5, 5.41) is 1.25. The lowest BCUT2D eigenvalue weighted by Crippen LogP contribution is -1.83. The monoisotopic (exact) mass is 205 g/mol. The first-order valence-electron chi connectivity index (χ1n) is 5.09. The predicted molar refractivity (Wildman–Crippen MR) is 62.6 cm³/mol. The van der Waals surface area contributed by atoms with E-state index >= 15 is 0 Å². The molecule has 74 valence electrons. The highest BCUT2D eigenvalue weighted by atomic mass is 32.1. The second-order valence-electron chi connectivity index (χ2n) is 3.88. The van der Waals surface area contributed by atoms with Crippen molar-refractivity contribution in [3.05, 3.63) is 34.3 Å². The molecule has 0 spiro atoms. The minimum absolute atomic E-state index is 0.550. The number of nitrogens with zero attached hydrogens (tertiary/aromatic N) is 1. The summed E-state index contributed by atoms with van der Waals surface area (Å²) in [5.41, 5.74) is 1.44. The largest absolute Gasteiger partial charge is 0.249 e. The maximum absolute atomic E-state index is 4.44. The molecule has 0 fully saturated rings. The van der Waals surface area contributed by atoms with Crippen molar-refractivity contribution in [1.82, 2.24) is 4.98 Å². The summed E-state index contributed by atoms with van der Waals surface area (Å²) >= 11 is 1.83. The van der Waals surface area contributed by atoms with Crippen LogP contribution < -0.4 is 0 Å². The van der Waals surface area contributed by atoms with Crippen molar-refractivity contribution in [2.75, 3.05) is 0 Å². The fourth-order valence-electron chi connectivity index (χ4n) is 1.51. The van der Waals surface area contributed by atoms with Gasteiger partial charge in [-0.1, -0.05) is 32.1 Å². The SMILES string of the molecule is CC(C)c1ncc(C2=CC=CCC2)s1. The molecule has 0 saturated heterocycles. The lowest BCUT2D eigenvalue weighted by molar-refractivity contribution is 0.852. The van der Waals surface area contributed by atoms with Gasteiger partial charge >= 0.3 is 0 Å². The molecule has 0 aliphatic heterocycles. The van der Waals surface area contributed by atoms with Crippen molar-refractivity contribution < 1.29 is 0 Å². The van der Waals surface area contributed by atoms with E-state index in [1.165, 1.54) is 21.9 Å². The van der Waals surface area contributed by atoms with E-state index in [4.69, 9.17) is 0 Å². The zero-order valence-electron chi connectivity index (χ0n) is 8.66. The van der Waals surface area contributed by atoms with Crippen LogP contribution in [0.3, 0.4) is 0 Å². The molecule has 1 aliphatic carbocycles. The Kier molecular flexibility index (Phi) is 2.82. The molecule has 1 nitrogen and oxygen atoms in total. The molecule has 14 heavy (non-hydrogen) atoms. The topological polar surface area (TPSA) is 12.9 Å². The van der Waals surface area contributed by atoms with E-state index in [9.17, 15) is 0 Å². The van der Waals surface area contributed by atoms with E-state index in [0.717, 1.165) is 6.42 Å². The lowest BCUT2D eigenvalue weighted by Gasteiger charge is -2.05. The highest BCUT2D eigenvalue weighted by Crippen LogP contribution is 2.30. The number of rotatable bonds is 2. The van der Waals surface area contributed by atoms with E-state index < -0.39 is 0 Å². The lowest BCUT2D eigenvalue weighted by atomic mass is 10.0. The second kappa shape index (κ2) is 4.09. The maximum Gasteiger partial charge on any atom is 0.0956 e. The number of hydrogen-bond donors (Lipinski definition) is 0. The average Bonchev–Trinajstić information content (AvgIpc) is 2.68. The number of thiazole rings is 1. The standard InChI is InChI=1S/C12H15NS/c1-9(2)12-13-8-11(14-12)10-6-4-3-5-7-10/h3-4,6,8-9H,5,7H2,1-2H3. The molecular weight excluding hydrogens is 190 g/mol. The Bertz CT molecular complexity index is 371. The van der Waals surface area contributed by atoms with Crippen molar-refractivity contribution >= 4 is 16.9 Å². The summed E-state index contributed by atoms with van der Waals surface area (Å²) < 4.78 is 0. The van der Waals surface area contributed by atoms with E-state index in [2.05, 4.69) is 37.1 Å². The van der Waals surface area contributed by atoms with Gasteiger partial charge < -0.3 is 0 Å². The molecule has 2 heteroatoms. The maximum atomic E-state index is 4.44. The highest BCUT2D eigenvalue weighted by molar-refractivity contribution is 7.12. The fraction of sp³-hybridized carbons (Fsp3) is 0.417. The normalized spacial score (nSPS) is 16.1. The Morgan fingerprint density at radius 3 is 2.86 bits per heavy atom. The molecule has 0 radical (unpaired) electrons. The van der Waals surface area contributed by atoms with Crippen LogP contribution in [0.1, 0.15) is 42.5 Å². The Morgan fingerprint density at radius 2 is 2.29 bits per heavy atom. The summed E-state index contributed by atoms with van der Waals surface area (Å²) in [6, 6.07) is 0. The third kappa shape index (κ3) is 1.95. The molecule has 2 rings (SSSR count). The van der Waals surface area contributed by atoms with Crippen LogP contribution in [0.25, 0.3) is 5.57 Å². The Morgan fingerprint density at radius 1 is 1.43 bits per heavy atom. The minimum Gasteiger partial charge on any atom is -0.249 e. The van der Waals surface area contributed by atoms with Crippen LogP contribution in [0.5, 0.6) is 0 Å². The first kappa shape index (κ1) is 9.66. The van der Waals surface area contributed by atoms with E-state index in [0.29, 0.717) is 5.92 Å². The molecular formula is C12H15NS. The van der Waals surface area contributed by atoms with Crippen LogP contribution in [0.4, 0.5) is 0 Å². The summed E-state index contributed by atoms with van der Waals surface area (Å²) in [5.74, 6) is 0.550. The number of allylic oxidation sites excluding steroid dienone is 4. The van der Waals surface area contributed by atoms with Gasteiger partial charge in [0.25, 0.3) is 0 Å². The average molecular weight is 205 g/mol. The second-order valence-corrected chi connectivity index (χ2v) is 4.94. The zero-order valence-corrected chi connectivity index (χ0v) is 9.47. The number of aromatic nitrogens is 1. The van der Waals surface area contributed by atoms with Gasteiger partial charge in [-0.25, -0.2) is 4.98 Å². The molecule has 0 amide bonds. The van der Waals surface area contributed by atoms with Gasteiger partial charge in [-0.05, 0) is 18.4 Å². The molecule has 0 aromatic carbocycles. The first-order valence-corrected chi connectivity index (χ1v) is 5.91. The van der Waals surface area contributed by atoms with Crippen LogP contribution in [0.15, 0.2) is 24.4 Å². The van der Waals surface area contributed by atoms with E-state index in [-0.39, 0.29) is 0 Å². The molecule has 0 unspecified atom stereocenters. The molecule has 1 aliphatic rings. The molecule has 0 N–H and O–H groups in total. The van der Waals surface area contributed by atoms with Crippen molar-refractivity contribution in [2.45, 2.75) is 32.6 Å². The predicted octanol–water partition coefficient (Wildman–Crippen LogP) is 4.00. The molecule has 0 bridgehead atoms. The number of hydrogen-bond acceptors (Lipinski definition) is 2. The molecule has 1 aromatic heterocycles. The Hall–Kier alpha value is -0.890. The van der Waals surface area contributed by atoms with Crippen LogP contribution >= 0.6 is 11.3 Å². The summed E-state index contributed by atoms with van der Waals surface area (Å²) in [4.78, 5) is 5.79. The van der Waals surface area contributed by atoms with E-state index in [1.807, 2.05) is 17.5 Å². The summed E-state index contributed by atoms with van der Waals surface area (Å²) in [7, 11) is 0. The molecule has 1 heterocycles. The molecule has 0 saturated carbocycles. The van der Waals surface area contributed by atoms with Crippen LogP contribution in [0.2, 0.25) is 0 Å². The minimum atomic E-state index is 0.550. The van der Waals surface area contributed by atoms with Crippen LogP contribution in [0, 0.1) is 0 Å². The summed E-state index contributed by atoms with van der Waals surface area (Å²) in [6.07, 6.45) is 10.9. The van der Waals surface area contributed by atoms with Crippen molar-refractivity contribution in [1.29, 1.82) is 0 Å². The van der Waals surface area contributed by atoms with Gasteiger partial charge in [0.15, 0.2) is 0 Å². The first-order chi connectivity index (χ1) is 6.77. The Balaban J connectivity index is 2.24. The molecule has 1 aromatic rings. The Labute approximate surface area is 89.2 Å². The third-order valence-corrected chi connectivity index (χ3v) is 3.72. The zero-order chi connectivity index (χ0) is 9.97. The van der Waals surface area contributed by atoms with Crippen LogP contribution in [-0.4, -0.2) is 4.98 Å². The third-order valence-electron chi connectivity index (χ3n) is 2.35. The van der Waals surface area contributed by atoms with Gasteiger partial charge in [-0.3, -0.25) is 0 Å². The smallest absolute Gasteiger partial charge is 0.0956 e. The van der Waals surface area contributed by atoms with Crippen LogP contribution in [-0.2, 0) is 0 Å². The van der Waals surface area contributed by atoms with E-state index in [1.54, 1.807) is 0 Å². The molecule has 0 atom stereocenters. The van der Waals surface area contributed by atoms with Gasteiger partial charge in [0.2, 0.25) is 0 Å². The van der Waals surface area contributed by atoms with Gasteiger partial charge in [0, 0.05) is 12.1 Å². The fourth-order valence-corrected chi connectivity index (χ4v) is 2.48. The highest BCUT2D eigenvalue weighted by Gasteiger charge is 2.09. The van der Waals surface area contributed by atoms with Crippen molar-refractivity contribution in [2.24, 2.45) is 0 Å². The quantitative estimate of drug-likeness (QED) is 0.711. The summed E-state index contributed by atoms with van der Waals surface area (Å²) in [6.45, 7) is 4.38. The van der Waals surface area contributed by atoms with Crippen molar-refractivity contribution in [3.8, 4) is 0 Å². The van der Waals surface area contributed by atoms with Gasteiger partial charge in [0.1, 0.15) is 0 Å². The van der Waals surface area contributed by atoms with Crippen molar-refractivity contribution in [3.63, 3.8) is 0 Å². The van der Waals surface area contributed by atoms with Gasteiger partial charge in [0.05, 0.1) is 9.88 Å².